The van der Waals surface area contributed by atoms with Crippen LogP contribution in [0.15, 0.2) is 54.6 Å². The monoisotopic (exact) mass is 632 g/mol. The van der Waals surface area contributed by atoms with Crippen LogP contribution < -0.4 is 21.1 Å². The van der Waals surface area contributed by atoms with Crippen LogP contribution in [0, 0.1) is 11.8 Å². The lowest BCUT2D eigenvalue weighted by Gasteiger charge is -2.27. The molecule has 8 rings (SSSR count). The number of pyridine rings is 1. The van der Waals surface area contributed by atoms with Gasteiger partial charge in [-0.2, -0.15) is 0 Å². The highest BCUT2D eigenvalue weighted by atomic mass is 16.5. The number of hydrogen-bond donors (Lipinski definition) is 3. The molecule has 1 aliphatic heterocycles. The van der Waals surface area contributed by atoms with Gasteiger partial charge in [0.2, 0.25) is 5.91 Å². The van der Waals surface area contributed by atoms with Crippen LogP contribution in [-0.2, 0) is 24.9 Å². The Balaban J connectivity index is 1.14. The van der Waals surface area contributed by atoms with Gasteiger partial charge in [-0.05, 0) is 85.5 Å². The summed E-state index contributed by atoms with van der Waals surface area (Å²) in [7, 11) is 3.64. The number of aryl methyl sites for hydroxylation is 1. The van der Waals surface area contributed by atoms with E-state index in [4.69, 9.17) is 20.4 Å². The summed E-state index contributed by atoms with van der Waals surface area (Å²) in [4.78, 5) is 37.4. The van der Waals surface area contributed by atoms with Crippen LogP contribution in [0.4, 0.5) is 11.5 Å². The molecule has 1 saturated heterocycles. The molecule has 4 N–H and O–H groups in total. The van der Waals surface area contributed by atoms with Gasteiger partial charge in [-0.3, -0.25) is 9.59 Å². The van der Waals surface area contributed by atoms with Gasteiger partial charge in [-0.15, -0.1) is 0 Å². The summed E-state index contributed by atoms with van der Waals surface area (Å²) in [5.74, 6) is 3.08. The number of ether oxygens (including phenoxy) is 1. The van der Waals surface area contributed by atoms with Crippen molar-refractivity contribution in [1.29, 1.82) is 0 Å². The van der Waals surface area contributed by atoms with E-state index in [2.05, 4.69) is 31.9 Å². The second-order valence-electron chi connectivity index (χ2n) is 13.4. The molecule has 2 aliphatic carbocycles. The van der Waals surface area contributed by atoms with Gasteiger partial charge >= 0.3 is 0 Å². The minimum absolute atomic E-state index is 0.00558. The van der Waals surface area contributed by atoms with Gasteiger partial charge < -0.3 is 35.1 Å². The zero-order valence-electron chi connectivity index (χ0n) is 27.0. The molecule has 3 atom stereocenters. The summed E-state index contributed by atoms with van der Waals surface area (Å²) >= 11 is 0. The van der Waals surface area contributed by atoms with Crippen molar-refractivity contribution in [3.8, 4) is 17.3 Å². The van der Waals surface area contributed by atoms with E-state index in [1.807, 2.05) is 54.4 Å². The van der Waals surface area contributed by atoms with E-state index in [0.717, 1.165) is 70.0 Å². The van der Waals surface area contributed by atoms with Gasteiger partial charge in [0.25, 0.3) is 5.91 Å². The number of methoxy groups -OCH3 is 1. The molecule has 3 aliphatic rings. The highest BCUT2D eigenvalue weighted by Gasteiger charge is 2.47. The summed E-state index contributed by atoms with van der Waals surface area (Å²) in [5.41, 5.74) is 12.3. The maximum Gasteiger partial charge on any atom is 0.254 e. The second-order valence-corrected chi connectivity index (χ2v) is 13.4. The van der Waals surface area contributed by atoms with Crippen LogP contribution in [-0.4, -0.2) is 61.6 Å². The Morgan fingerprint density at radius 3 is 2.62 bits per heavy atom. The molecule has 2 aromatic carbocycles. The number of imidazole rings is 1. The van der Waals surface area contributed by atoms with E-state index < -0.39 is 0 Å². The minimum Gasteiger partial charge on any atom is -0.494 e. The standard InChI is InChI=1S/C36H40N8O3/c1-20(45)39-26-6-4-5-22(13-26)17-38-31-12-10-23-15-29(43(34(23)41-31)18-21-7-8-21)35-40-27-14-25(16-30(47-3)33(27)42(35)2)36(46)44-19-24-9-11-28(44)32(24)37/h4-6,10,12-16,21,24,28,32H,7-9,11,17-19,37H2,1-3H3,(H,38,41)(H,39,45)/t24-,28-,32-/m1/s1. The Morgan fingerprint density at radius 1 is 1.04 bits per heavy atom. The molecule has 2 bridgehead atoms. The molecule has 3 fully saturated rings. The fourth-order valence-corrected chi connectivity index (χ4v) is 7.58. The smallest absolute Gasteiger partial charge is 0.254 e. The largest absolute Gasteiger partial charge is 0.494 e. The Morgan fingerprint density at radius 2 is 1.89 bits per heavy atom. The summed E-state index contributed by atoms with van der Waals surface area (Å²) in [6.07, 6.45) is 4.46. The van der Waals surface area contributed by atoms with Crippen molar-refractivity contribution in [2.75, 3.05) is 24.3 Å². The minimum atomic E-state index is -0.0960. The lowest BCUT2D eigenvalue weighted by Crippen LogP contribution is -2.41. The lowest BCUT2D eigenvalue weighted by molar-refractivity contribution is -0.114. The molecule has 11 heteroatoms. The number of amides is 2. The lowest BCUT2D eigenvalue weighted by atomic mass is 10.1. The molecule has 5 aromatic rings. The molecule has 2 saturated carbocycles. The number of benzene rings is 2. The topological polar surface area (TPSA) is 132 Å². The van der Waals surface area contributed by atoms with E-state index in [0.29, 0.717) is 36.2 Å². The van der Waals surface area contributed by atoms with Crippen LogP contribution in [0.5, 0.6) is 5.75 Å². The fourth-order valence-electron chi connectivity index (χ4n) is 7.58. The first-order valence-corrected chi connectivity index (χ1v) is 16.5. The Hall–Kier alpha value is -4.90. The van der Waals surface area contributed by atoms with Crippen molar-refractivity contribution in [2.24, 2.45) is 24.6 Å². The summed E-state index contributed by atoms with van der Waals surface area (Å²) in [6.45, 7) is 3.65. The number of aromatic nitrogens is 4. The summed E-state index contributed by atoms with van der Waals surface area (Å²) in [6, 6.07) is 18.0. The predicted octanol–water partition coefficient (Wildman–Crippen LogP) is 5.14. The third kappa shape index (κ3) is 5.28. The first-order valence-electron chi connectivity index (χ1n) is 16.5. The molecular formula is C36H40N8O3. The van der Waals surface area contributed by atoms with Gasteiger partial charge in [0.1, 0.15) is 22.7 Å². The second kappa shape index (κ2) is 11.4. The average molecular weight is 633 g/mol. The van der Waals surface area contributed by atoms with E-state index in [1.165, 1.54) is 19.8 Å². The molecule has 0 radical (unpaired) electrons. The highest BCUT2D eigenvalue weighted by molar-refractivity contribution is 6.00. The Labute approximate surface area is 273 Å². The molecule has 242 valence electrons. The van der Waals surface area contributed by atoms with Crippen molar-refractivity contribution in [3.05, 3.63) is 65.7 Å². The first-order chi connectivity index (χ1) is 22.8. The molecule has 47 heavy (non-hydrogen) atoms. The quantitative estimate of drug-likeness (QED) is 0.205. The van der Waals surface area contributed by atoms with Crippen molar-refractivity contribution in [2.45, 2.75) is 57.8 Å². The molecule has 4 heterocycles. The van der Waals surface area contributed by atoms with Gasteiger partial charge in [0.15, 0.2) is 5.82 Å². The number of nitrogens with two attached hydrogens (primary N) is 1. The third-order valence-electron chi connectivity index (χ3n) is 10.1. The van der Waals surface area contributed by atoms with Crippen LogP contribution in [0.2, 0.25) is 0 Å². The number of rotatable bonds is 9. The average Bonchev–Trinajstić information content (AvgIpc) is 3.47. The highest BCUT2D eigenvalue weighted by Crippen LogP contribution is 2.40. The number of anilines is 2. The van der Waals surface area contributed by atoms with Crippen LogP contribution in [0.25, 0.3) is 33.6 Å². The van der Waals surface area contributed by atoms with E-state index >= 15 is 0 Å². The fraction of sp³-hybridized carbons (Fsp3) is 0.389. The Bertz CT molecular complexity index is 2040. The zero-order chi connectivity index (χ0) is 32.4. The van der Waals surface area contributed by atoms with Gasteiger partial charge in [-0.25, -0.2) is 9.97 Å². The first kappa shape index (κ1) is 29.5. The van der Waals surface area contributed by atoms with Crippen molar-refractivity contribution in [1.82, 2.24) is 24.0 Å². The SMILES string of the molecule is COc1cc(C(=O)N2C[C@H]3CC[C@@H]2[C@@H]3N)cc2nc(-c3cc4ccc(NCc5cccc(NC(C)=O)c5)nc4n3CC3CC3)n(C)c12. The number of piperidine rings is 1. The number of fused-ring (bicyclic) bond motifs is 4. The zero-order valence-corrected chi connectivity index (χ0v) is 27.0. The molecule has 2 amide bonds. The van der Waals surface area contributed by atoms with Crippen molar-refractivity contribution < 1.29 is 14.3 Å². The van der Waals surface area contributed by atoms with E-state index in [-0.39, 0.29) is 23.9 Å². The predicted molar refractivity (Wildman–Crippen MR) is 182 cm³/mol. The van der Waals surface area contributed by atoms with Gasteiger partial charge in [0, 0.05) is 62.3 Å². The van der Waals surface area contributed by atoms with E-state index in [1.54, 1.807) is 7.11 Å². The Kier molecular flexibility index (Phi) is 7.16. The van der Waals surface area contributed by atoms with Gasteiger partial charge in [0.05, 0.1) is 18.3 Å². The summed E-state index contributed by atoms with van der Waals surface area (Å²) < 4.78 is 10.2. The summed E-state index contributed by atoms with van der Waals surface area (Å²) in [5, 5.41) is 7.34. The number of likely N-dealkylation sites (tertiary alicyclic amines) is 1. The molecule has 0 unspecified atom stereocenters. The van der Waals surface area contributed by atoms with E-state index in [9.17, 15) is 9.59 Å². The molecule has 3 aromatic heterocycles. The van der Waals surface area contributed by atoms with Crippen LogP contribution in [0.1, 0.15) is 48.5 Å². The van der Waals surface area contributed by atoms with Crippen molar-refractivity contribution >= 4 is 45.4 Å². The third-order valence-corrected chi connectivity index (χ3v) is 10.1. The van der Waals surface area contributed by atoms with Gasteiger partial charge in [-0.1, -0.05) is 12.1 Å². The molecule has 0 spiro atoms. The number of nitrogens with zero attached hydrogens (tertiary/aromatic N) is 5. The number of hydrogen-bond acceptors (Lipinski definition) is 7. The van der Waals surface area contributed by atoms with Crippen molar-refractivity contribution in [3.63, 3.8) is 0 Å². The maximum absolute atomic E-state index is 13.7. The molecule has 11 nitrogen and oxygen atoms in total. The molecular weight excluding hydrogens is 592 g/mol. The number of nitrogens with one attached hydrogen (secondary N) is 2. The van der Waals surface area contributed by atoms with Crippen LogP contribution in [0.3, 0.4) is 0 Å². The maximum atomic E-state index is 13.7. The number of carbonyl (C=O) groups excluding carboxylic acids is 2. The normalized spacial score (nSPS) is 20.3. The van der Waals surface area contributed by atoms with Crippen LogP contribution >= 0.6 is 0 Å². The number of carbonyl (C=O) groups is 2.